The standard InChI is InChI=1S/C12H24N2O2S/c1-17(16)10-6-7-13-11-12(15)14-8-4-2-3-5-9-14/h13H,2-11H2,1H3. The second kappa shape index (κ2) is 8.64. The molecule has 1 saturated heterocycles. The molecule has 1 aliphatic heterocycles. The van der Waals surface area contributed by atoms with Crippen molar-refractivity contribution in [3.63, 3.8) is 0 Å². The van der Waals surface area contributed by atoms with Crippen LogP contribution in [0.2, 0.25) is 0 Å². The lowest BCUT2D eigenvalue weighted by atomic mass is 10.2. The van der Waals surface area contributed by atoms with Crippen molar-refractivity contribution in [3.05, 3.63) is 0 Å². The molecule has 0 radical (unpaired) electrons. The fourth-order valence-electron chi connectivity index (χ4n) is 2.03. The van der Waals surface area contributed by atoms with Crippen molar-refractivity contribution >= 4 is 16.7 Å². The molecule has 1 rings (SSSR count). The number of rotatable bonds is 6. The number of hydrogen-bond acceptors (Lipinski definition) is 3. The minimum Gasteiger partial charge on any atom is -0.342 e. The maximum atomic E-state index is 11.9. The van der Waals surface area contributed by atoms with Crippen LogP contribution in [0.15, 0.2) is 0 Å². The van der Waals surface area contributed by atoms with Crippen molar-refractivity contribution in [1.29, 1.82) is 0 Å². The highest BCUT2D eigenvalue weighted by Gasteiger charge is 2.14. The number of nitrogens with zero attached hydrogens (tertiary/aromatic N) is 1. The zero-order chi connectivity index (χ0) is 12.5. The van der Waals surface area contributed by atoms with Gasteiger partial charge in [0.05, 0.1) is 6.54 Å². The Balaban J connectivity index is 2.09. The summed E-state index contributed by atoms with van der Waals surface area (Å²) in [7, 11) is -0.722. The molecule has 0 spiro atoms. The number of nitrogens with one attached hydrogen (secondary N) is 1. The average Bonchev–Trinajstić information content (AvgIpc) is 2.56. The summed E-state index contributed by atoms with van der Waals surface area (Å²) in [5.41, 5.74) is 0. The highest BCUT2D eigenvalue weighted by molar-refractivity contribution is 7.84. The third-order valence-corrected chi connectivity index (χ3v) is 3.88. The van der Waals surface area contributed by atoms with Gasteiger partial charge < -0.3 is 10.2 Å². The van der Waals surface area contributed by atoms with Crippen LogP contribution in [-0.4, -0.2) is 53.2 Å². The van der Waals surface area contributed by atoms with Crippen molar-refractivity contribution in [2.45, 2.75) is 32.1 Å². The minimum absolute atomic E-state index is 0.213. The quantitative estimate of drug-likeness (QED) is 0.717. The Kier molecular flexibility index (Phi) is 7.44. The van der Waals surface area contributed by atoms with E-state index in [0.717, 1.165) is 38.9 Å². The van der Waals surface area contributed by atoms with Gasteiger partial charge in [0.1, 0.15) is 0 Å². The maximum Gasteiger partial charge on any atom is 0.236 e. The van der Waals surface area contributed by atoms with E-state index < -0.39 is 10.8 Å². The Morgan fingerprint density at radius 2 is 1.88 bits per heavy atom. The van der Waals surface area contributed by atoms with Gasteiger partial charge in [-0.1, -0.05) is 12.8 Å². The summed E-state index contributed by atoms with van der Waals surface area (Å²) in [5, 5.41) is 3.13. The van der Waals surface area contributed by atoms with Gasteiger partial charge in [-0.25, -0.2) is 0 Å². The first-order valence-electron chi connectivity index (χ1n) is 6.48. The van der Waals surface area contributed by atoms with Gasteiger partial charge in [0, 0.05) is 35.9 Å². The molecule has 100 valence electrons. The SMILES string of the molecule is CS(=O)CCCNCC(=O)N1CCCCCC1. The predicted octanol–water partition coefficient (Wildman–Crippen LogP) is 0.747. The number of carbonyl (C=O) groups excluding carboxylic acids is 1. The molecular weight excluding hydrogens is 236 g/mol. The molecule has 1 amide bonds. The lowest BCUT2D eigenvalue weighted by molar-refractivity contribution is -0.130. The van der Waals surface area contributed by atoms with Crippen molar-refractivity contribution < 1.29 is 9.00 Å². The highest BCUT2D eigenvalue weighted by atomic mass is 32.2. The summed E-state index contributed by atoms with van der Waals surface area (Å²) in [5.74, 6) is 0.926. The van der Waals surface area contributed by atoms with E-state index in [2.05, 4.69) is 5.32 Å². The summed E-state index contributed by atoms with van der Waals surface area (Å²) >= 11 is 0. The zero-order valence-corrected chi connectivity index (χ0v) is 11.6. The molecule has 1 aliphatic rings. The van der Waals surface area contributed by atoms with Crippen LogP contribution in [0.3, 0.4) is 0 Å². The zero-order valence-electron chi connectivity index (χ0n) is 10.7. The molecule has 1 heterocycles. The Hall–Kier alpha value is -0.420. The summed E-state index contributed by atoms with van der Waals surface area (Å²) in [4.78, 5) is 13.8. The van der Waals surface area contributed by atoms with E-state index in [1.165, 1.54) is 12.8 Å². The number of carbonyl (C=O) groups is 1. The Morgan fingerprint density at radius 1 is 1.24 bits per heavy atom. The van der Waals surface area contributed by atoms with Gasteiger partial charge in [0.25, 0.3) is 0 Å². The molecule has 0 bridgehead atoms. The van der Waals surface area contributed by atoms with Gasteiger partial charge in [-0.15, -0.1) is 0 Å². The molecular formula is C12H24N2O2S. The smallest absolute Gasteiger partial charge is 0.236 e. The molecule has 1 fully saturated rings. The first-order chi connectivity index (χ1) is 8.20. The van der Waals surface area contributed by atoms with E-state index in [0.29, 0.717) is 12.3 Å². The van der Waals surface area contributed by atoms with Crippen molar-refractivity contribution in [2.24, 2.45) is 0 Å². The van der Waals surface area contributed by atoms with Gasteiger partial charge in [0.15, 0.2) is 0 Å². The Morgan fingerprint density at radius 3 is 2.47 bits per heavy atom. The van der Waals surface area contributed by atoms with E-state index in [-0.39, 0.29) is 5.91 Å². The molecule has 4 nitrogen and oxygen atoms in total. The Bertz CT molecular complexity index is 251. The summed E-state index contributed by atoms with van der Waals surface area (Å²) in [6.07, 6.45) is 7.36. The first kappa shape index (κ1) is 14.6. The lowest BCUT2D eigenvalue weighted by Crippen LogP contribution is -2.39. The van der Waals surface area contributed by atoms with Gasteiger partial charge in [-0.05, 0) is 25.8 Å². The second-order valence-corrected chi connectivity index (χ2v) is 6.16. The third kappa shape index (κ3) is 6.78. The molecule has 0 aromatic carbocycles. The van der Waals surface area contributed by atoms with Crippen LogP contribution in [0.25, 0.3) is 0 Å². The van der Waals surface area contributed by atoms with Gasteiger partial charge in [-0.3, -0.25) is 9.00 Å². The van der Waals surface area contributed by atoms with Crippen LogP contribution >= 0.6 is 0 Å². The Labute approximate surface area is 107 Å². The number of hydrogen-bond donors (Lipinski definition) is 1. The maximum absolute atomic E-state index is 11.9. The lowest BCUT2D eigenvalue weighted by Gasteiger charge is -2.20. The fourth-order valence-corrected chi connectivity index (χ4v) is 2.58. The van der Waals surface area contributed by atoms with Crippen LogP contribution in [0, 0.1) is 0 Å². The van der Waals surface area contributed by atoms with Crippen LogP contribution in [0.1, 0.15) is 32.1 Å². The molecule has 0 saturated carbocycles. The molecule has 0 aliphatic carbocycles. The van der Waals surface area contributed by atoms with E-state index >= 15 is 0 Å². The molecule has 1 unspecified atom stereocenters. The molecule has 0 aromatic heterocycles. The highest BCUT2D eigenvalue weighted by Crippen LogP contribution is 2.09. The van der Waals surface area contributed by atoms with Crippen LogP contribution in [0.4, 0.5) is 0 Å². The number of amides is 1. The molecule has 5 heteroatoms. The van der Waals surface area contributed by atoms with Crippen molar-refractivity contribution in [2.75, 3.05) is 38.2 Å². The van der Waals surface area contributed by atoms with Crippen LogP contribution in [0.5, 0.6) is 0 Å². The molecule has 1 atom stereocenters. The predicted molar refractivity (Wildman–Crippen MR) is 71.5 cm³/mol. The monoisotopic (exact) mass is 260 g/mol. The van der Waals surface area contributed by atoms with E-state index in [4.69, 9.17) is 0 Å². The second-order valence-electron chi connectivity index (χ2n) is 4.60. The summed E-state index contributed by atoms with van der Waals surface area (Å²) < 4.78 is 10.8. The van der Waals surface area contributed by atoms with Crippen molar-refractivity contribution in [1.82, 2.24) is 10.2 Å². The molecule has 17 heavy (non-hydrogen) atoms. The van der Waals surface area contributed by atoms with Gasteiger partial charge in [0.2, 0.25) is 5.91 Å². The fraction of sp³-hybridized carbons (Fsp3) is 0.917. The third-order valence-electron chi connectivity index (χ3n) is 3.02. The normalized spacial score (nSPS) is 18.8. The van der Waals surface area contributed by atoms with Crippen molar-refractivity contribution in [3.8, 4) is 0 Å². The largest absolute Gasteiger partial charge is 0.342 e. The topological polar surface area (TPSA) is 49.4 Å². The van der Waals surface area contributed by atoms with E-state index in [1.54, 1.807) is 6.26 Å². The van der Waals surface area contributed by atoms with Crippen LogP contribution < -0.4 is 5.32 Å². The van der Waals surface area contributed by atoms with Crippen LogP contribution in [-0.2, 0) is 15.6 Å². The first-order valence-corrected chi connectivity index (χ1v) is 8.21. The minimum atomic E-state index is -0.722. The average molecular weight is 260 g/mol. The van der Waals surface area contributed by atoms with Gasteiger partial charge >= 0.3 is 0 Å². The van der Waals surface area contributed by atoms with Gasteiger partial charge in [-0.2, -0.15) is 0 Å². The summed E-state index contributed by atoms with van der Waals surface area (Å²) in [6, 6.07) is 0. The molecule has 0 aromatic rings. The van der Waals surface area contributed by atoms with E-state index in [1.807, 2.05) is 4.90 Å². The summed E-state index contributed by atoms with van der Waals surface area (Å²) in [6.45, 7) is 3.04. The number of likely N-dealkylation sites (tertiary alicyclic amines) is 1. The van der Waals surface area contributed by atoms with E-state index in [9.17, 15) is 9.00 Å². The molecule has 1 N–H and O–H groups in total.